The first-order valence-electron chi connectivity index (χ1n) is 9.28. The number of ether oxygens (including phenoxy) is 1. The molecule has 0 bridgehead atoms. The highest BCUT2D eigenvalue weighted by Gasteiger charge is 2.12. The van der Waals surface area contributed by atoms with Crippen molar-refractivity contribution >= 4 is 34.8 Å². The molecule has 1 saturated heterocycles. The van der Waals surface area contributed by atoms with Gasteiger partial charge in [-0.05, 0) is 48.5 Å². The van der Waals surface area contributed by atoms with E-state index in [1.807, 2.05) is 36.4 Å². The number of anilines is 4. The normalized spacial score (nSPS) is 13.7. The van der Waals surface area contributed by atoms with Gasteiger partial charge in [0, 0.05) is 41.2 Å². The molecule has 7 heteroatoms. The second-order valence-corrected chi connectivity index (χ2v) is 7.56. The first-order valence-corrected chi connectivity index (χ1v) is 10.1. The van der Waals surface area contributed by atoms with Crippen molar-refractivity contribution in [1.29, 1.82) is 0 Å². The number of benzene rings is 2. The number of aromatic nitrogens is 2. The van der Waals surface area contributed by atoms with Gasteiger partial charge in [0.15, 0.2) is 0 Å². The lowest BCUT2D eigenvalue weighted by Gasteiger charge is -2.28. The van der Waals surface area contributed by atoms with Gasteiger partial charge < -0.3 is 20.7 Å². The summed E-state index contributed by atoms with van der Waals surface area (Å²) in [7, 11) is 0. The topological polar surface area (TPSA) is 76.3 Å². The van der Waals surface area contributed by atoms with Gasteiger partial charge in [0.25, 0.3) is 0 Å². The lowest BCUT2D eigenvalue weighted by atomic mass is 10.2. The second kappa shape index (κ2) is 8.86. The number of morpholine rings is 1. The molecular formula is C22H21N5OS. The Morgan fingerprint density at radius 3 is 2.48 bits per heavy atom. The van der Waals surface area contributed by atoms with E-state index >= 15 is 0 Å². The standard InChI is InChI=1S/C22H21N5OS/c1-2-16-15-24-22(26-21(16)29-20-9-3-17(23)4-10-20)25-18-5-7-19(8-6-18)27-11-13-28-14-12-27/h1,3-10,15H,11-14,23H2,(H,24,25,26). The smallest absolute Gasteiger partial charge is 0.228 e. The van der Waals surface area contributed by atoms with Crippen molar-refractivity contribution in [3.05, 3.63) is 60.3 Å². The third-order valence-electron chi connectivity index (χ3n) is 4.50. The lowest BCUT2D eigenvalue weighted by molar-refractivity contribution is 0.122. The molecule has 29 heavy (non-hydrogen) atoms. The molecule has 6 nitrogen and oxygen atoms in total. The monoisotopic (exact) mass is 403 g/mol. The zero-order valence-corrected chi connectivity index (χ0v) is 16.7. The molecule has 3 N–H and O–H groups in total. The quantitative estimate of drug-likeness (QED) is 0.381. The van der Waals surface area contributed by atoms with E-state index < -0.39 is 0 Å². The van der Waals surface area contributed by atoms with Gasteiger partial charge in [-0.3, -0.25) is 0 Å². The minimum absolute atomic E-state index is 0.501. The van der Waals surface area contributed by atoms with Crippen LogP contribution in [0.3, 0.4) is 0 Å². The summed E-state index contributed by atoms with van der Waals surface area (Å²) in [5.74, 6) is 3.15. The molecule has 1 aromatic heterocycles. The average molecular weight is 404 g/mol. The van der Waals surface area contributed by atoms with Crippen molar-refractivity contribution < 1.29 is 4.74 Å². The van der Waals surface area contributed by atoms with Crippen LogP contribution in [0.2, 0.25) is 0 Å². The summed E-state index contributed by atoms with van der Waals surface area (Å²) in [6.07, 6.45) is 7.29. The van der Waals surface area contributed by atoms with E-state index in [4.69, 9.17) is 16.9 Å². The van der Waals surface area contributed by atoms with Gasteiger partial charge in [-0.2, -0.15) is 0 Å². The highest BCUT2D eigenvalue weighted by atomic mass is 32.2. The van der Waals surface area contributed by atoms with Crippen molar-refractivity contribution in [2.24, 2.45) is 0 Å². The molecule has 0 amide bonds. The molecular weight excluding hydrogens is 382 g/mol. The van der Waals surface area contributed by atoms with Gasteiger partial charge in [0.2, 0.25) is 5.95 Å². The summed E-state index contributed by atoms with van der Waals surface area (Å²) in [5.41, 5.74) is 9.23. The van der Waals surface area contributed by atoms with Crippen molar-refractivity contribution in [3.8, 4) is 12.3 Å². The Kier molecular flexibility index (Phi) is 5.84. The molecule has 3 aromatic rings. The number of nitrogens with zero attached hydrogens (tertiary/aromatic N) is 3. The van der Waals surface area contributed by atoms with E-state index in [0.29, 0.717) is 11.5 Å². The third kappa shape index (κ3) is 4.80. The van der Waals surface area contributed by atoms with Gasteiger partial charge in [0.05, 0.1) is 18.8 Å². The number of nitrogens with two attached hydrogens (primary N) is 1. The van der Waals surface area contributed by atoms with Gasteiger partial charge >= 0.3 is 0 Å². The van der Waals surface area contributed by atoms with Crippen molar-refractivity contribution in [2.45, 2.75) is 9.92 Å². The Morgan fingerprint density at radius 2 is 1.79 bits per heavy atom. The van der Waals surface area contributed by atoms with Gasteiger partial charge in [-0.25, -0.2) is 9.97 Å². The lowest BCUT2D eigenvalue weighted by Crippen LogP contribution is -2.36. The number of rotatable bonds is 5. The largest absolute Gasteiger partial charge is 0.399 e. The number of nitrogens with one attached hydrogen (secondary N) is 1. The molecule has 1 aliphatic heterocycles. The Balaban J connectivity index is 1.49. The van der Waals surface area contributed by atoms with Gasteiger partial charge in [-0.15, -0.1) is 6.42 Å². The van der Waals surface area contributed by atoms with Gasteiger partial charge in [-0.1, -0.05) is 17.7 Å². The molecule has 0 unspecified atom stereocenters. The summed E-state index contributed by atoms with van der Waals surface area (Å²) in [5, 5.41) is 3.98. The Morgan fingerprint density at radius 1 is 1.07 bits per heavy atom. The summed E-state index contributed by atoms with van der Waals surface area (Å²) in [4.78, 5) is 12.3. The molecule has 0 atom stereocenters. The zero-order valence-electron chi connectivity index (χ0n) is 15.8. The van der Waals surface area contributed by atoms with Crippen LogP contribution in [-0.4, -0.2) is 36.3 Å². The second-order valence-electron chi connectivity index (χ2n) is 6.50. The van der Waals surface area contributed by atoms with Crippen LogP contribution in [0.1, 0.15) is 5.56 Å². The van der Waals surface area contributed by atoms with Crippen molar-refractivity contribution in [2.75, 3.05) is 42.3 Å². The van der Waals surface area contributed by atoms with Crippen LogP contribution < -0.4 is 16.0 Å². The first-order chi connectivity index (χ1) is 14.2. The van der Waals surface area contributed by atoms with E-state index in [0.717, 1.165) is 47.6 Å². The molecule has 146 valence electrons. The zero-order chi connectivity index (χ0) is 20.1. The van der Waals surface area contributed by atoms with Crippen LogP contribution >= 0.6 is 11.8 Å². The fourth-order valence-electron chi connectivity index (χ4n) is 2.96. The summed E-state index contributed by atoms with van der Waals surface area (Å²) in [6, 6.07) is 15.8. The van der Waals surface area contributed by atoms with Crippen LogP contribution in [-0.2, 0) is 4.74 Å². The molecule has 1 aliphatic rings. The van der Waals surface area contributed by atoms with Crippen LogP contribution in [0.4, 0.5) is 23.0 Å². The molecule has 0 radical (unpaired) electrons. The molecule has 1 fully saturated rings. The third-order valence-corrected chi connectivity index (χ3v) is 5.52. The molecule has 2 heterocycles. The molecule has 2 aromatic carbocycles. The maximum Gasteiger partial charge on any atom is 0.228 e. The van der Waals surface area contributed by atoms with Crippen LogP contribution in [0.15, 0.2) is 64.6 Å². The van der Waals surface area contributed by atoms with Crippen molar-refractivity contribution in [1.82, 2.24) is 9.97 Å². The van der Waals surface area contributed by atoms with Crippen LogP contribution in [0, 0.1) is 12.3 Å². The number of hydrogen-bond donors (Lipinski definition) is 2. The Hall–Kier alpha value is -3.21. The van der Waals surface area contributed by atoms with E-state index in [2.05, 4.69) is 38.2 Å². The highest BCUT2D eigenvalue weighted by Crippen LogP contribution is 2.30. The maximum atomic E-state index is 5.76. The van der Waals surface area contributed by atoms with Crippen LogP contribution in [0.5, 0.6) is 0 Å². The fraction of sp³-hybridized carbons (Fsp3) is 0.182. The SMILES string of the molecule is C#Cc1cnc(Nc2ccc(N3CCOCC3)cc2)nc1Sc1ccc(N)cc1. The minimum Gasteiger partial charge on any atom is -0.399 e. The molecule has 0 aliphatic carbocycles. The summed E-state index contributed by atoms with van der Waals surface area (Å²) in [6.45, 7) is 3.36. The Bertz CT molecular complexity index is 1010. The first kappa shape index (κ1) is 19.1. The summed E-state index contributed by atoms with van der Waals surface area (Å²) < 4.78 is 5.41. The molecule has 0 spiro atoms. The van der Waals surface area contributed by atoms with E-state index in [1.165, 1.54) is 17.4 Å². The minimum atomic E-state index is 0.501. The number of hydrogen-bond acceptors (Lipinski definition) is 7. The van der Waals surface area contributed by atoms with E-state index in [-0.39, 0.29) is 0 Å². The van der Waals surface area contributed by atoms with E-state index in [1.54, 1.807) is 6.20 Å². The summed E-state index contributed by atoms with van der Waals surface area (Å²) >= 11 is 1.49. The predicted molar refractivity (Wildman–Crippen MR) is 118 cm³/mol. The fourth-order valence-corrected chi connectivity index (χ4v) is 3.81. The molecule has 0 saturated carbocycles. The van der Waals surface area contributed by atoms with E-state index in [9.17, 15) is 0 Å². The van der Waals surface area contributed by atoms with Gasteiger partial charge in [0.1, 0.15) is 5.03 Å². The Labute approximate surface area is 174 Å². The van der Waals surface area contributed by atoms with Crippen molar-refractivity contribution in [3.63, 3.8) is 0 Å². The molecule has 4 rings (SSSR count). The number of terminal acetylenes is 1. The maximum absolute atomic E-state index is 5.76. The van der Waals surface area contributed by atoms with Crippen LogP contribution in [0.25, 0.3) is 0 Å². The average Bonchev–Trinajstić information content (AvgIpc) is 2.77. The number of nitrogen functional groups attached to an aromatic ring is 1. The predicted octanol–water partition coefficient (Wildman–Crippen LogP) is 3.77. The highest BCUT2D eigenvalue weighted by molar-refractivity contribution is 7.99.